The Morgan fingerprint density at radius 3 is 2.76 bits per heavy atom. The molecule has 1 aromatic carbocycles. The Labute approximate surface area is 112 Å². The van der Waals surface area contributed by atoms with Gasteiger partial charge in [-0.05, 0) is 40.2 Å². The quantitative estimate of drug-likeness (QED) is 0.756. The fraction of sp³-hybridized carbons (Fsp3) is 0. The Kier molecular flexibility index (Phi) is 2.91. The smallest absolute Gasteiger partial charge is 0.102 e. The number of para-hydroxylation sites is 1. The van der Waals surface area contributed by atoms with Gasteiger partial charge in [-0.2, -0.15) is 0 Å². The number of benzene rings is 1. The van der Waals surface area contributed by atoms with Crippen LogP contribution in [0.4, 0.5) is 0 Å². The second-order valence-electron chi connectivity index (χ2n) is 3.64. The molecule has 0 aliphatic heterocycles. The lowest BCUT2D eigenvalue weighted by atomic mass is 10.3. The Balaban J connectivity index is 1.92. The zero-order chi connectivity index (χ0) is 11.7. The summed E-state index contributed by atoms with van der Waals surface area (Å²) >= 11 is 5.01. The maximum atomic E-state index is 4.34. The van der Waals surface area contributed by atoms with E-state index in [2.05, 4.69) is 44.1 Å². The molecule has 2 nitrogen and oxygen atoms in total. The Bertz CT molecular complexity index is 613. The molecule has 84 valence electrons. The van der Waals surface area contributed by atoms with Crippen LogP contribution < -0.4 is 0 Å². The monoisotopic (exact) mass is 304 g/mol. The lowest BCUT2D eigenvalue weighted by Crippen LogP contribution is -1.78. The zero-order valence-electron chi connectivity index (χ0n) is 8.85. The summed E-state index contributed by atoms with van der Waals surface area (Å²) in [6, 6.07) is 14.4. The summed E-state index contributed by atoms with van der Waals surface area (Å²) in [6.07, 6.45) is 1.81. The van der Waals surface area contributed by atoms with Crippen molar-refractivity contribution in [3.05, 3.63) is 53.1 Å². The Morgan fingerprint density at radius 2 is 2.00 bits per heavy atom. The predicted octanol–water partition coefficient (Wildman–Crippen LogP) is 4.48. The van der Waals surface area contributed by atoms with Crippen molar-refractivity contribution in [1.82, 2.24) is 9.97 Å². The third-order valence-corrected chi connectivity index (χ3v) is 3.78. The number of H-pyrrole nitrogens is 1. The molecule has 0 spiro atoms. The molecule has 0 bridgehead atoms. The van der Waals surface area contributed by atoms with Crippen molar-refractivity contribution in [1.29, 1.82) is 0 Å². The summed E-state index contributed by atoms with van der Waals surface area (Å²) < 4.78 is 0.999. The number of halogens is 1. The van der Waals surface area contributed by atoms with Gasteiger partial charge in [-0.25, -0.2) is 4.98 Å². The van der Waals surface area contributed by atoms with Crippen molar-refractivity contribution >= 4 is 38.6 Å². The van der Waals surface area contributed by atoms with Crippen molar-refractivity contribution in [2.24, 2.45) is 0 Å². The van der Waals surface area contributed by atoms with E-state index in [0.717, 1.165) is 20.0 Å². The number of hydrogen-bond donors (Lipinski definition) is 1. The molecule has 0 unspecified atom stereocenters. The van der Waals surface area contributed by atoms with Crippen LogP contribution in [-0.2, 0) is 0 Å². The van der Waals surface area contributed by atoms with E-state index in [4.69, 9.17) is 0 Å². The van der Waals surface area contributed by atoms with Crippen molar-refractivity contribution in [3.8, 4) is 0 Å². The molecule has 0 radical (unpaired) electrons. The van der Waals surface area contributed by atoms with E-state index in [-0.39, 0.29) is 0 Å². The number of fused-ring (bicyclic) bond motifs is 1. The van der Waals surface area contributed by atoms with Crippen molar-refractivity contribution in [2.45, 2.75) is 10.1 Å². The molecule has 3 rings (SSSR count). The highest BCUT2D eigenvalue weighted by atomic mass is 79.9. The maximum Gasteiger partial charge on any atom is 0.102 e. The van der Waals surface area contributed by atoms with Gasteiger partial charge in [-0.1, -0.05) is 30.0 Å². The SMILES string of the molecule is Brc1ccc(Sc2cc3ccccc3[nH]2)nc1. The van der Waals surface area contributed by atoms with E-state index in [1.165, 1.54) is 5.39 Å². The fourth-order valence-electron chi connectivity index (χ4n) is 1.64. The van der Waals surface area contributed by atoms with Crippen molar-refractivity contribution in [3.63, 3.8) is 0 Å². The fourth-order valence-corrected chi connectivity index (χ4v) is 2.69. The van der Waals surface area contributed by atoms with E-state index in [1.807, 2.05) is 30.5 Å². The largest absolute Gasteiger partial charge is 0.349 e. The first-order valence-corrected chi connectivity index (χ1v) is 6.79. The van der Waals surface area contributed by atoms with Crippen LogP contribution in [0.25, 0.3) is 10.9 Å². The lowest BCUT2D eigenvalue weighted by Gasteiger charge is -1.97. The minimum atomic E-state index is 0.986. The molecule has 2 aromatic heterocycles. The van der Waals surface area contributed by atoms with Gasteiger partial charge >= 0.3 is 0 Å². The first-order chi connectivity index (χ1) is 8.31. The summed E-state index contributed by atoms with van der Waals surface area (Å²) in [5.74, 6) is 0. The molecule has 1 N–H and O–H groups in total. The number of rotatable bonds is 2. The van der Waals surface area contributed by atoms with Crippen LogP contribution in [0, 0.1) is 0 Å². The van der Waals surface area contributed by atoms with Crippen LogP contribution in [0.2, 0.25) is 0 Å². The van der Waals surface area contributed by atoms with E-state index >= 15 is 0 Å². The Hall–Kier alpha value is -1.26. The first kappa shape index (κ1) is 10.9. The summed E-state index contributed by atoms with van der Waals surface area (Å²) in [5, 5.41) is 3.33. The highest BCUT2D eigenvalue weighted by Gasteiger charge is 2.02. The number of nitrogens with zero attached hydrogens (tertiary/aromatic N) is 1. The van der Waals surface area contributed by atoms with Crippen molar-refractivity contribution < 1.29 is 0 Å². The minimum Gasteiger partial charge on any atom is -0.349 e. The van der Waals surface area contributed by atoms with Gasteiger partial charge in [0.25, 0.3) is 0 Å². The van der Waals surface area contributed by atoms with Gasteiger partial charge in [0.05, 0.1) is 5.03 Å². The molecular formula is C13H9BrN2S. The summed E-state index contributed by atoms with van der Waals surface area (Å²) in [4.78, 5) is 7.71. The minimum absolute atomic E-state index is 0.986. The molecule has 0 saturated heterocycles. The summed E-state index contributed by atoms with van der Waals surface area (Å²) in [6.45, 7) is 0. The molecule has 0 fully saturated rings. The molecule has 0 atom stereocenters. The number of nitrogens with one attached hydrogen (secondary N) is 1. The van der Waals surface area contributed by atoms with Crippen molar-refractivity contribution in [2.75, 3.05) is 0 Å². The highest BCUT2D eigenvalue weighted by Crippen LogP contribution is 2.28. The van der Waals surface area contributed by atoms with Crippen LogP contribution in [0.1, 0.15) is 0 Å². The van der Waals surface area contributed by atoms with Gasteiger partial charge in [0, 0.05) is 21.6 Å². The first-order valence-electron chi connectivity index (χ1n) is 5.18. The molecule has 2 heterocycles. The van der Waals surface area contributed by atoms with Gasteiger partial charge < -0.3 is 4.98 Å². The van der Waals surface area contributed by atoms with Gasteiger partial charge in [-0.15, -0.1) is 0 Å². The molecule has 17 heavy (non-hydrogen) atoms. The lowest BCUT2D eigenvalue weighted by molar-refractivity contribution is 1.11. The van der Waals surface area contributed by atoms with Gasteiger partial charge in [0.15, 0.2) is 0 Å². The van der Waals surface area contributed by atoms with Crippen LogP contribution in [0.15, 0.2) is 63.2 Å². The van der Waals surface area contributed by atoms with Crippen LogP contribution >= 0.6 is 27.7 Å². The topological polar surface area (TPSA) is 28.7 Å². The predicted molar refractivity (Wildman–Crippen MR) is 74.4 cm³/mol. The molecule has 0 aliphatic carbocycles. The average Bonchev–Trinajstić information content (AvgIpc) is 2.74. The normalized spacial score (nSPS) is 10.9. The molecular weight excluding hydrogens is 296 g/mol. The second-order valence-corrected chi connectivity index (χ2v) is 5.62. The molecule has 0 saturated carbocycles. The molecule has 4 heteroatoms. The number of aromatic amines is 1. The van der Waals surface area contributed by atoms with Gasteiger partial charge in [-0.3, -0.25) is 0 Å². The molecule has 3 aromatic rings. The molecule has 0 amide bonds. The third kappa shape index (κ3) is 2.37. The van der Waals surface area contributed by atoms with E-state index in [0.29, 0.717) is 0 Å². The zero-order valence-corrected chi connectivity index (χ0v) is 11.3. The molecule has 0 aliphatic rings. The van der Waals surface area contributed by atoms with E-state index in [1.54, 1.807) is 11.8 Å². The standard InChI is InChI=1S/C13H9BrN2S/c14-10-5-6-12(15-8-10)17-13-7-9-3-1-2-4-11(9)16-13/h1-8,16H. The Morgan fingerprint density at radius 1 is 1.12 bits per heavy atom. The van der Waals surface area contributed by atoms with Crippen LogP contribution in [0.5, 0.6) is 0 Å². The van der Waals surface area contributed by atoms with Gasteiger partial charge in [0.2, 0.25) is 0 Å². The van der Waals surface area contributed by atoms with Crippen LogP contribution in [0.3, 0.4) is 0 Å². The summed E-state index contributed by atoms with van der Waals surface area (Å²) in [5.41, 5.74) is 1.16. The van der Waals surface area contributed by atoms with E-state index < -0.39 is 0 Å². The third-order valence-electron chi connectivity index (χ3n) is 2.42. The second kappa shape index (κ2) is 4.55. The number of aromatic nitrogens is 2. The van der Waals surface area contributed by atoms with Gasteiger partial charge in [0.1, 0.15) is 5.03 Å². The van der Waals surface area contributed by atoms with E-state index in [9.17, 15) is 0 Å². The van der Waals surface area contributed by atoms with Crippen LogP contribution in [-0.4, -0.2) is 9.97 Å². The average molecular weight is 305 g/mol. The highest BCUT2D eigenvalue weighted by molar-refractivity contribution is 9.10. The number of hydrogen-bond acceptors (Lipinski definition) is 2. The summed E-state index contributed by atoms with van der Waals surface area (Å²) in [7, 11) is 0. The number of pyridine rings is 1. The maximum absolute atomic E-state index is 4.34.